The SMILES string of the molecule is C=C1OC2=CC(n3c(=O)n(C)c4ccccc43)=CCC=C2N1C. The van der Waals surface area contributed by atoms with Crippen LogP contribution in [-0.2, 0) is 11.8 Å². The molecule has 0 spiro atoms. The van der Waals surface area contributed by atoms with Gasteiger partial charge in [0.2, 0.25) is 0 Å². The van der Waals surface area contributed by atoms with E-state index in [0.717, 1.165) is 34.6 Å². The first-order valence-electron chi connectivity index (χ1n) is 7.47. The van der Waals surface area contributed by atoms with Gasteiger partial charge in [0.05, 0.1) is 22.4 Å². The summed E-state index contributed by atoms with van der Waals surface area (Å²) in [5, 5.41) is 0. The second-order valence-electron chi connectivity index (χ2n) is 5.68. The fraction of sp³-hybridized carbons (Fsp3) is 0.167. The predicted molar refractivity (Wildman–Crippen MR) is 90.2 cm³/mol. The molecular formula is C18H17N3O2. The van der Waals surface area contributed by atoms with Crippen molar-refractivity contribution in [2.24, 2.45) is 7.05 Å². The number of aromatic nitrogens is 2. The van der Waals surface area contributed by atoms with Gasteiger partial charge < -0.3 is 9.64 Å². The number of para-hydroxylation sites is 2. The summed E-state index contributed by atoms with van der Waals surface area (Å²) >= 11 is 0. The smallest absolute Gasteiger partial charge is 0.333 e. The molecule has 2 aromatic rings. The number of hydrogen-bond acceptors (Lipinski definition) is 3. The molecule has 0 bridgehead atoms. The van der Waals surface area contributed by atoms with Gasteiger partial charge in [-0.05, 0) is 25.1 Å². The Balaban J connectivity index is 1.92. The molecule has 0 amide bonds. The molecule has 0 saturated carbocycles. The zero-order valence-electron chi connectivity index (χ0n) is 13.1. The number of imidazole rings is 1. The van der Waals surface area contributed by atoms with Crippen LogP contribution in [0.15, 0.2) is 71.2 Å². The average molecular weight is 307 g/mol. The molecule has 0 atom stereocenters. The van der Waals surface area contributed by atoms with E-state index >= 15 is 0 Å². The van der Waals surface area contributed by atoms with E-state index in [0.29, 0.717) is 5.88 Å². The minimum absolute atomic E-state index is 0.0667. The van der Waals surface area contributed by atoms with Crippen molar-refractivity contribution in [1.29, 1.82) is 0 Å². The third-order valence-electron chi connectivity index (χ3n) is 4.35. The predicted octanol–water partition coefficient (Wildman–Crippen LogP) is 2.79. The summed E-state index contributed by atoms with van der Waals surface area (Å²) in [4.78, 5) is 14.6. The zero-order valence-corrected chi connectivity index (χ0v) is 13.1. The zero-order chi connectivity index (χ0) is 16.1. The van der Waals surface area contributed by atoms with Gasteiger partial charge in [-0.15, -0.1) is 0 Å². The van der Waals surface area contributed by atoms with Gasteiger partial charge in [0.15, 0.2) is 11.6 Å². The molecule has 0 N–H and O–H groups in total. The van der Waals surface area contributed by atoms with Crippen LogP contribution < -0.4 is 5.69 Å². The molecule has 23 heavy (non-hydrogen) atoms. The lowest BCUT2D eigenvalue weighted by molar-refractivity contribution is 0.296. The highest BCUT2D eigenvalue weighted by atomic mass is 16.5. The fourth-order valence-electron chi connectivity index (χ4n) is 3.07. The molecule has 0 radical (unpaired) electrons. The van der Waals surface area contributed by atoms with Gasteiger partial charge in [-0.1, -0.05) is 24.3 Å². The highest BCUT2D eigenvalue weighted by Gasteiger charge is 2.26. The van der Waals surface area contributed by atoms with Gasteiger partial charge in [-0.25, -0.2) is 4.79 Å². The van der Waals surface area contributed by atoms with Gasteiger partial charge >= 0.3 is 5.69 Å². The minimum atomic E-state index is -0.0667. The molecule has 1 aliphatic heterocycles. The molecular weight excluding hydrogens is 290 g/mol. The quantitative estimate of drug-likeness (QED) is 0.813. The molecule has 1 saturated heterocycles. The number of ether oxygens (including phenoxy) is 1. The molecule has 1 aromatic carbocycles. The second-order valence-corrected chi connectivity index (χ2v) is 5.68. The largest absolute Gasteiger partial charge is 0.439 e. The Labute approximate surface area is 133 Å². The van der Waals surface area contributed by atoms with Crippen molar-refractivity contribution in [2.45, 2.75) is 6.42 Å². The Morgan fingerprint density at radius 2 is 1.87 bits per heavy atom. The summed E-state index contributed by atoms with van der Waals surface area (Å²) in [6, 6.07) is 7.78. The first kappa shape index (κ1) is 13.7. The molecule has 2 heterocycles. The van der Waals surface area contributed by atoms with Gasteiger partial charge in [0.1, 0.15) is 0 Å². The van der Waals surface area contributed by atoms with Crippen molar-refractivity contribution >= 4 is 16.7 Å². The first-order chi connectivity index (χ1) is 11.1. The Morgan fingerprint density at radius 3 is 2.65 bits per heavy atom. The fourth-order valence-corrected chi connectivity index (χ4v) is 3.07. The van der Waals surface area contributed by atoms with E-state index in [1.807, 2.05) is 48.4 Å². The number of hydrogen-bond donors (Lipinski definition) is 0. The first-order valence-corrected chi connectivity index (χ1v) is 7.47. The van der Waals surface area contributed by atoms with E-state index in [2.05, 4.69) is 12.7 Å². The van der Waals surface area contributed by atoms with Gasteiger partial charge in [-0.3, -0.25) is 9.13 Å². The molecule has 5 heteroatoms. The summed E-state index contributed by atoms with van der Waals surface area (Å²) in [6.07, 6.45) is 6.74. The maximum atomic E-state index is 12.7. The van der Waals surface area contributed by atoms with Crippen LogP contribution in [0.25, 0.3) is 16.7 Å². The van der Waals surface area contributed by atoms with Crippen LogP contribution in [0, 0.1) is 0 Å². The third kappa shape index (κ3) is 1.90. The Hall–Kier alpha value is -2.95. The van der Waals surface area contributed by atoms with Crippen molar-refractivity contribution in [3.8, 4) is 0 Å². The van der Waals surface area contributed by atoms with Gasteiger partial charge in [0.25, 0.3) is 0 Å². The minimum Gasteiger partial charge on any atom is -0.439 e. The van der Waals surface area contributed by atoms with Crippen LogP contribution >= 0.6 is 0 Å². The summed E-state index contributed by atoms with van der Waals surface area (Å²) in [5.74, 6) is 1.31. The molecule has 2 aliphatic rings. The average Bonchev–Trinajstić information content (AvgIpc) is 2.86. The van der Waals surface area contributed by atoms with Gasteiger partial charge in [0, 0.05) is 20.2 Å². The van der Waals surface area contributed by atoms with Crippen molar-refractivity contribution in [2.75, 3.05) is 7.05 Å². The number of nitrogens with zero attached hydrogens (tertiary/aromatic N) is 3. The number of benzene rings is 1. The molecule has 116 valence electrons. The lowest BCUT2D eigenvalue weighted by atomic mass is 10.3. The maximum Gasteiger partial charge on any atom is 0.333 e. The number of likely N-dealkylation sites (N-methyl/N-ethyl adjacent to an activating group) is 1. The van der Waals surface area contributed by atoms with Crippen molar-refractivity contribution in [3.63, 3.8) is 0 Å². The number of aryl methyl sites for hydroxylation is 1. The maximum absolute atomic E-state index is 12.7. The number of fused-ring (bicyclic) bond motifs is 2. The molecule has 1 aliphatic carbocycles. The summed E-state index contributed by atoms with van der Waals surface area (Å²) in [5.41, 5.74) is 3.52. The summed E-state index contributed by atoms with van der Waals surface area (Å²) in [7, 11) is 3.71. The van der Waals surface area contributed by atoms with E-state index < -0.39 is 0 Å². The molecule has 4 rings (SSSR count). The topological polar surface area (TPSA) is 39.4 Å². The Morgan fingerprint density at radius 1 is 1.13 bits per heavy atom. The third-order valence-corrected chi connectivity index (χ3v) is 4.35. The second kappa shape index (κ2) is 4.78. The van der Waals surface area contributed by atoms with Crippen molar-refractivity contribution < 1.29 is 4.74 Å². The normalized spacial score (nSPS) is 17.4. The standard InChI is InChI=1S/C18H17N3O2/c1-12-19(2)16-10-6-7-13(11-17(16)23-12)21-15-9-5-4-8-14(15)20(3)18(21)22/h4-5,7-11H,1,6H2,2-3H3. The molecule has 5 nitrogen and oxygen atoms in total. The van der Waals surface area contributed by atoms with E-state index in [-0.39, 0.29) is 5.69 Å². The molecule has 1 fully saturated rings. The van der Waals surface area contributed by atoms with Crippen molar-refractivity contribution in [1.82, 2.24) is 14.0 Å². The summed E-state index contributed by atoms with van der Waals surface area (Å²) in [6.45, 7) is 3.89. The van der Waals surface area contributed by atoms with Crippen LogP contribution in [0.5, 0.6) is 0 Å². The molecule has 1 aromatic heterocycles. The highest BCUT2D eigenvalue weighted by molar-refractivity contribution is 5.81. The van der Waals surface area contributed by atoms with E-state index in [1.54, 1.807) is 16.2 Å². The van der Waals surface area contributed by atoms with Crippen LogP contribution in [-0.4, -0.2) is 21.1 Å². The summed E-state index contributed by atoms with van der Waals surface area (Å²) < 4.78 is 9.12. The van der Waals surface area contributed by atoms with Crippen molar-refractivity contribution in [3.05, 3.63) is 76.9 Å². The Bertz CT molecular complexity index is 985. The lowest BCUT2D eigenvalue weighted by Crippen LogP contribution is -2.21. The van der Waals surface area contributed by atoms with Crippen LogP contribution in [0.4, 0.5) is 0 Å². The van der Waals surface area contributed by atoms with Crippen LogP contribution in [0.1, 0.15) is 6.42 Å². The Kier molecular flexibility index (Phi) is 2.84. The van der Waals surface area contributed by atoms with E-state index in [9.17, 15) is 4.79 Å². The lowest BCUT2D eigenvalue weighted by Gasteiger charge is -2.08. The highest BCUT2D eigenvalue weighted by Crippen LogP contribution is 2.34. The monoisotopic (exact) mass is 307 g/mol. The molecule has 0 unspecified atom stereocenters. The van der Waals surface area contributed by atoms with Crippen LogP contribution in [0.2, 0.25) is 0 Å². The van der Waals surface area contributed by atoms with Crippen LogP contribution in [0.3, 0.4) is 0 Å². The number of allylic oxidation sites excluding steroid dienone is 4. The number of rotatable bonds is 1. The van der Waals surface area contributed by atoms with E-state index in [1.165, 1.54) is 0 Å². The van der Waals surface area contributed by atoms with E-state index in [4.69, 9.17) is 4.74 Å². The van der Waals surface area contributed by atoms with Gasteiger partial charge in [-0.2, -0.15) is 0 Å².